The topological polar surface area (TPSA) is 12.5 Å². The molecule has 0 radical (unpaired) electrons. The van der Waals surface area contributed by atoms with Crippen molar-refractivity contribution in [3.05, 3.63) is 235 Å². The predicted octanol–water partition coefficient (Wildman–Crippen LogP) is 14.8. The van der Waals surface area contributed by atoms with Crippen LogP contribution in [-0.4, -0.2) is 0 Å². The molecular formula is C55H35NO. The summed E-state index contributed by atoms with van der Waals surface area (Å²) in [4.78, 5) is 2.50. The Morgan fingerprint density at radius 3 is 1.74 bits per heavy atom. The van der Waals surface area contributed by atoms with Crippen LogP contribution in [0, 0.1) is 0 Å². The van der Waals surface area contributed by atoms with E-state index in [1.165, 1.54) is 65.7 Å². The molecule has 1 aliphatic heterocycles. The Morgan fingerprint density at radius 1 is 0.351 bits per heavy atom. The Balaban J connectivity index is 1.23. The molecule has 1 aliphatic carbocycles. The minimum absolute atomic E-state index is 0.652. The van der Waals surface area contributed by atoms with Crippen LogP contribution in [0.15, 0.2) is 212 Å². The lowest BCUT2D eigenvalue weighted by Crippen LogP contribution is -2.36. The molecular weight excluding hydrogens is 691 g/mol. The molecule has 0 atom stereocenters. The predicted molar refractivity (Wildman–Crippen MR) is 236 cm³/mol. The zero-order valence-corrected chi connectivity index (χ0v) is 31.1. The molecule has 0 saturated carbocycles. The quantitative estimate of drug-likeness (QED) is 0.179. The van der Waals surface area contributed by atoms with Crippen LogP contribution in [-0.2, 0) is 5.41 Å². The molecule has 2 nitrogen and oxygen atoms in total. The van der Waals surface area contributed by atoms with Gasteiger partial charge in [0, 0.05) is 33.5 Å². The zero-order valence-electron chi connectivity index (χ0n) is 31.1. The second kappa shape index (κ2) is 12.3. The van der Waals surface area contributed by atoms with Crippen LogP contribution < -0.4 is 9.64 Å². The Hall–Kier alpha value is -7.42. The average Bonchev–Trinajstić information content (AvgIpc) is 3.28. The number of benzene rings is 10. The minimum atomic E-state index is -0.652. The molecule has 0 amide bonds. The SMILES string of the molecule is c1ccc(-c2ccc3ccccc3c2N(c2ccc3c(c2)C2(c4ccccc4Oc4ccccc42)c2cccc4cccc-3c24)c2ccc3ccccc3c2)cc1. The summed E-state index contributed by atoms with van der Waals surface area (Å²) in [5.74, 6) is 1.77. The molecule has 12 rings (SSSR count). The zero-order chi connectivity index (χ0) is 37.5. The molecule has 10 aromatic carbocycles. The van der Waals surface area contributed by atoms with E-state index in [0.717, 1.165) is 39.7 Å². The van der Waals surface area contributed by atoms with Crippen molar-refractivity contribution in [3.63, 3.8) is 0 Å². The summed E-state index contributed by atoms with van der Waals surface area (Å²) in [5.41, 5.74) is 12.3. The third kappa shape index (κ3) is 4.59. The molecule has 0 saturated heterocycles. The van der Waals surface area contributed by atoms with Crippen molar-refractivity contribution in [1.82, 2.24) is 0 Å². The van der Waals surface area contributed by atoms with E-state index in [-0.39, 0.29) is 0 Å². The van der Waals surface area contributed by atoms with Gasteiger partial charge in [-0.3, -0.25) is 0 Å². The number of nitrogens with zero attached hydrogens (tertiary/aromatic N) is 1. The van der Waals surface area contributed by atoms with Gasteiger partial charge in [0.15, 0.2) is 0 Å². The fraction of sp³-hybridized carbons (Fsp3) is 0.0182. The van der Waals surface area contributed by atoms with Gasteiger partial charge in [0.25, 0.3) is 0 Å². The molecule has 266 valence electrons. The van der Waals surface area contributed by atoms with Crippen molar-refractivity contribution >= 4 is 49.4 Å². The maximum absolute atomic E-state index is 6.76. The van der Waals surface area contributed by atoms with Crippen molar-refractivity contribution in [2.24, 2.45) is 0 Å². The fourth-order valence-electron chi connectivity index (χ4n) is 9.88. The van der Waals surface area contributed by atoms with Gasteiger partial charge in [-0.05, 0) is 91.1 Å². The van der Waals surface area contributed by atoms with Gasteiger partial charge in [-0.25, -0.2) is 0 Å². The number of hydrogen-bond donors (Lipinski definition) is 0. The van der Waals surface area contributed by atoms with E-state index < -0.39 is 5.41 Å². The van der Waals surface area contributed by atoms with E-state index in [1.54, 1.807) is 0 Å². The number of anilines is 3. The molecule has 1 heterocycles. The minimum Gasteiger partial charge on any atom is -0.457 e. The Morgan fingerprint density at radius 2 is 0.930 bits per heavy atom. The molecule has 0 bridgehead atoms. The molecule has 0 N–H and O–H groups in total. The van der Waals surface area contributed by atoms with Crippen LogP contribution in [0.2, 0.25) is 0 Å². The highest BCUT2D eigenvalue weighted by Crippen LogP contribution is 2.62. The lowest BCUT2D eigenvalue weighted by Gasteiger charge is -2.45. The maximum Gasteiger partial charge on any atom is 0.132 e. The third-order valence-corrected chi connectivity index (χ3v) is 12.3. The van der Waals surface area contributed by atoms with Crippen LogP contribution in [0.5, 0.6) is 11.5 Å². The monoisotopic (exact) mass is 725 g/mol. The Labute approximate surface area is 331 Å². The number of ether oxygens (including phenoxy) is 1. The molecule has 0 aromatic heterocycles. The highest BCUT2D eigenvalue weighted by atomic mass is 16.5. The summed E-state index contributed by atoms with van der Waals surface area (Å²) in [6, 6.07) is 77.7. The van der Waals surface area contributed by atoms with Crippen LogP contribution in [0.3, 0.4) is 0 Å². The number of para-hydroxylation sites is 2. The summed E-state index contributed by atoms with van der Waals surface area (Å²) >= 11 is 0. The first-order valence-corrected chi connectivity index (χ1v) is 19.7. The number of hydrogen-bond acceptors (Lipinski definition) is 2. The summed E-state index contributed by atoms with van der Waals surface area (Å²) in [7, 11) is 0. The van der Waals surface area contributed by atoms with E-state index in [2.05, 4.69) is 217 Å². The van der Waals surface area contributed by atoms with Crippen LogP contribution >= 0.6 is 0 Å². The second-order valence-electron chi connectivity index (χ2n) is 15.2. The van der Waals surface area contributed by atoms with E-state index in [1.807, 2.05) is 0 Å². The van der Waals surface area contributed by atoms with Gasteiger partial charge >= 0.3 is 0 Å². The van der Waals surface area contributed by atoms with Crippen molar-refractivity contribution in [2.45, 2.75) is 5.41 Å². The first kappa shape index (κ1) is 31.9. The Kier molecular flexibility index (Phi) is 6.88. The van der Waals surface area contributed by atoms with Crippen LogP contribution in [0.1, 0.15) is 22.3 Å². The van der Waals surface area contributed by atoms with Gasteiger partial charge in [-0.1, -0.05) is 176 Å². The summed E-state index contributed by atoms with van der Waals surface area (Å²) in [6.45, 7) is 0. The highest BCUT2D eigenvalue weighted by Gasteiger charge is 2.49. The summed E-state index contributed by atoms with van der Waals surface area (Å²) in [6.07, 6.45) is 0. The van der Waals surface area contributed by atoms with Crippen molar-refractivity contribution in [2.75, 3.05) is 4.90 Å². The molecule has 57 heavy (non-hydrogen) atoms. The van der Waals surface area contributed by atoms with Crippen LogP contribution in [0.25, 0.3) is 54.6 Å². The van der Waals surface area contributed by atoms with Gasteiger partial charge in [0.05, 0.1) is 11.1 Å². The van der Waals surface area contributed by atoms with E-state index in [4.69, 9.17) is 4.74 Å². The first-order valence-electron chi connectivity index (χ1n) is 19.7. The standard InChI is InChI=1S/C55H35NO/c1-2-15-37(16-3-1)44-32-29-38-17-6-7-21-43(38)54(44)56(41-30-28-36-14-4-5-18-40(36)34-41)42-31-33-45-46-22-12-19-39-20-13-25-49(53(39)46)55(50(45)35-42)47-23-8-10-26-51(47)57-52-27-11-9-24-48(52)55/h1-35H. The van der Waals surface area contributed by atoms with Gasteiger partial charge in [0.1, 0.15) is 11.5 Å². The Bertz CT molecular complexity index is 3180. The third-order valence-electron chi connectivity index (χ3n) is 12.3. The molecule has 0 unspecified atom stereocenters. The van der Waals surface area contributed by atoms with Crippen molar-refractivity contribution in [3.8, 4) is 33.8 Å². The maximum atomic E-state index is 6.76. The smallest absolute Gasteiger partial charge is 0.132 e. The summed E-state index contributed by atoms with van der Waals surface area (Å²) in [5, 5.41) is 7.33. The molecule has 2 heteroatoms. The van der Waals surface area contributed by atoms with Gasteiger partial charge in [-0.2, -0.15) is 0 Å². The van der Waals surface area contributed by atoms with Crippen molar-refractivity contribution < 1.29 is 4.74 Å². The van der Waals surface area contributed by atoms with E-state index in [0.29, 0.717) is 0 Å². The molecule has 10 aromatic rings. The molecule has 0 fully saturated rings. The highest BCUT2D eigenvalue weighted by molar-refractivity contribution is 6.09. The lowest BCUT2D eigenvalue weighted by molar-refractivity contribution is 0.435. The van der Waals surface area contributed by atoms with Crippen LogP contribution in [0.4, 0.5) is 17.1 Å². The normalized spacial score (nSPS) is 13.2. The average molecular weight is 726 g/mol. The number of fused-ring (bicyclic) bond motifs is 10. The van der Waals surface area contributed by atoms with E-state index in [9.17, 15) is 0 Å². The van der Waals surface area contributed by atoms with Crippen molar-refractivity contribution in [1.29, 1.82) is 0 Å². The summed E-state index contributed by atoms with van der Waals surface area (Å²) < 4.78 is 6.76. The molecule has 1 spiro atoms. The second-order valence-corrected chi connectivity index (χ2v) is 15.2. The van der Waals surface area contributed by atoms with Gasteiger partial charge in [-0.15, -0.1) is 0 Å². The van der Waals surface area contributed by atoms with E-state index >= 15 is 0 Å². The van der Waals surface area contributed by atoms with Gasteiger partial charge in [0.2, 0.25) is 0 Å². The van der Waals surface area contributed by atoms with Gasteiger partial charge < -0.3 is 9.64 Å². The largest absolute Gasteiger partial charge is 0.457 e. The fourth-order valence-corrected chi connectivity index (χ4v) is 9.88. The molecule has 2 aliphatic rings. The first-order chi connectivity index (χ1) is 28.3. The number of rotatable bonds is 4. The lowest BCUT2D eigenvalue weighted by atomic mass is 9.58.